The van der Waals surface area contributed by atoms with E-state index in [2.05, 4.69) is 51.2 Å². The van der Waals surface area contributed by atoms with Crippen molar-refractivity contribution < 1.29 is 4.79 Å². The summed E-state index contributed by atoms with van der Waals surface area (Å²) in [6.45, 7) is 11.1. The Labute approximate surface area is 134 Å². The molecule has 0 bridgehead atoms. The Hall–Kier alpha value is -1.81. The summed E-state index contributed by atoms with van der Waals surface area (Å²) < 4.78 is 0. The highest BCUT2D eigenvalue weighted by Crippen LogP contribution is 2.24. The maximum Gasteiger partial charge on any atom is 0.268 e. The smallest absolute Gasteiger partial charge is 0.268 e. The van der Waals surface area contributed by atoms with Gasteiger partial charge in [0, 0.05) is 13.6 Å². The minimum Gasteiger partial charge on any atom is -0.347 e. The second-order valence-electron chi connectivity index (χ2n) is 6.68. The van der Waals surface area contributed by atoms with E-state index in [0.717, 1.165) is 12.0 Å². The molecule has 0 aliphatic carbocycles. The first kappa shape index (κ1) is 18.2. The van der Waals surface area contributed by atoms with Crippen molar-refractivity contribution in [1.82, 2.24) is 10.3 Å². The van der Waals surface area contributed by atoms with Crippen LogP contribution in [0.25, 0.3) is 0 Å². The van der Waals surface area contributed by atoms with Gasteiger partial charge >= 0.3 is 0 Å². The van der Waals surface area contributed by atoms with Crippen molar-refractivity contribution in [3.05, 3.63) is 46.7 Å². The SMILES string of the molecule is CC/C=C(/C(=O)NCc1ccc(C(C)(C)C)cc1C)N(C)N. The van der Waals surface area contributed by atoms with E-state index in [1.807, 2.05) is 13.0 Å². The zero-order valence-electron chi connectivity index (χ0n) is 14.7. The fourth-order valence-electron chi connectivity index (χ4n) is 2.22. The van der Waals surface area contributed by atoms with Gasteiger partial charge in [0.15, 0.2) is 0 Å². The zero-order chi connectivity index (χ0) is 16.9. The van der Waals surface area contributed by atoms with Crippen LogP contribution in [0, 0.1) is 6.92 Å². The Balaban J connectivity index is 2.81. The summed E-state index contributed by atoms with van der Waals surface area (Å²) in [5.41, 5.74) is 4.23. The number of nitrogens with one attached hydrogen (secondary N) is 1. The Bertz CT molecular complexity index is 554. The molecule has 0 saturated carbocycles. The first-order valence-electron chi connectivity index (χ1n) is 7.73. The van der Waals surface area contributed by atoms with Gasteiger partial charge in [-0.2, -0.15) is 0 Å². The van der Waals surface area contributed by atoms with Crippen LogP contribution in [0.5, 0.6) is 0 Å². The Morgan fingerprint density at radius 3 is 2.45 bits per heavy atom. The van der Waals surface area contributed by atoms with Gasteiger partial charge in [-0.15, -0.1) is 0 Å². The standard InChI is InChI=1S/C18H29N3O/c1-7-8-16(21(6)19)17(22)20-12-14-9-10-15(11-13(14)2)18(3,4)5/h8-11H,7,12,19H2,1-6H3,(H,20,22)/b16-8-. The molecule has 0 atom stereocenters. The molecule has 0 spiro atoms. The van der Waals surface area contributed by atoms with Gasteiger partial charge in [-0.25, -0.2) is 5.84 Å². The van der Waals surface area contributed by atoms with Gasteiger partial charge in [-0.05, 0) is 35.4 Å². The summed E-state index contributed by atoms with van der Waals surface area (Å²) in [5, 5.41) is 4.29. The number of nitrogens with zero attached hydrogens (tertiary/aromatic N) is 1. The van der Waals surface area contributed by atoms with E-state index >= 15 is 0 Å². The molecule has 1 aromatic carbocycles. The molecule has 3 N–H and O–H groups in total. The average Bonchev–Trinajstić information content (AvgIpc) is 2.41. The normalized spacial score (nSPS) is 12.2. The van der Waals surface area contributed by atoms with E-state index in [4.69, 9.17) is 5.84 Å². The fraction of sp³-hybridized carbons (Fsp3) is 0.500. The number of carbonyl (C=O) groups excluding carboxylic acids is 1. The Morgan fingerprint density at radius 1 is 1.36 bits per heavy atom. The van der Waals surface area contributed by atoms with Crippen molar-refractivity contribution in [2.45, 2.75) is 53.0 Å². The summed E-state index contributed by atoms with van der Waals surface area (Å²) in [6, 6.07) is 6.41. The third kappa shape index (κ3) is 4.88. The van der Waals surface area contributed by atoms with Gasteiger partial charge in [0.2, 0.25) is 0 Å². The summed E-state index contributed by atoms with van der Waals surface area (Å²) in [6.07, 6.45) is 2.59. The van der Waals surface area contributed by atoms with Crippen LogP contribution in [-0.2, 0) is 16.8 Å². The van der Waals surface area contributed by atoms with E-state index in [1.54, 1.807) is 7.05 Å². The predicted molar refractivity (Wildman–Crippen MR) is 92.1 cm³/mol. The Morgan fingerprint density at radius 2 is 2.00 bits per heavy atom. The molecular weight excluding hydrogens is 274 g/mol. The highest BCUT2D eigenvalue weighted by atomic mass is 16.2. The lowest BCUT2D eigenvalue weighted by Crippen LogP contribution is -2.36. The lowest BCUT2D eigenvalue weighted by Gasteiger charge is -2.21. The topological polar surface area (TPSA) is 58.4 Å². The zero-order valence-corrected chi connectivity index (χ0v) is 14.7. The molecule has 1 amide bonds. The third-order valence-corrected chi connectivity index (χ3v) is 3.66. The van der Waals surface area contributed by atoms with Crippen LogP contribution >= 0.6 is 0 Å². The third-order valence-electron chi connectivity index (χ3n) is 3.66. The molecule has 0 aliphatic rings. The quantitative estimate of drug-likeness (QED) is 0.499. The fourth-order valence-corrected chi connectivity index (χ4v) is 2.22. The molecule has 1 aromatic rings. The molecule has 1 rings (SSSR count). The molecule has 0 heterocycles. The van der Waals surface area contributed by atoms with Crippen LogP contribution in [0.3, 0.4) is 0 Å². The van der Waals surface area contributed by atoms with Crippen molar-refractivity contribution in [1.29, 1.82) is 0 Å². The molecule has 0 aromatic heterocycles. The molecule has 4 heteroatoms. The van der Waals surface area contributed by atoms with E-state index < -0.39 is 0 Å². The Kier molecular flexibility index (Phi) is 6.18. The van der Waals surface area contributed by atoms with Gasteiger partial charge in [-0.1, -0.05) is 52.0 Å². The number of rotatable bonds is 5. The number of aryl methyl sites for hydroxylation is 1. The molecule has 122 valence electrons. The number of likely N-dealkylation sites (N-methyl/N-ethyl adjacent to an activating group) is 1. The van der Waals surface area contributed by atoms with Crippen molar-refractivity contribution >= 4 is 5.91 Å². The lowest BCUT2D eigenvalue weighted by atomic mass is 9.85. The van der Waals surface area contributed by atoms with Crippen molar-refractivity contribution in [2.24, 2.45) is 5.84 Å². The van der Waals surface area contributed by atoms with E-state index in [9.17, 15) is 4.79 Å². The molecule has 22 heavy (non-hydrogen) atoms. The molecule has 0 unspecified atom stereocenters. The maximum absolute atomic E-state index is 12.2. The minimum absolute atomic E-state index is 0.131. The van der Waals surface area contributed by atoms with Crippen molar-refractivity contribution in [2.75, 3.05) is 7.05 Å². The second-order valence-corrected chi connectivity index (χ2v) is 6.68. The number of hydrogen-bond acceptors (Lipinski definition) is 3. The number of hydrogen-bond donors (Lipinski definition) is 2. The highest BCUT2D eigenvalue weighted by Gasteiger charge is 2.15. The molecule has 0 aliphatic heterocycles. The molecule has 4 nitrogen and oxygen atoms in total. The largest absolute Gasteiger partial charge is 0.347 e. The summed E-state index contributed by atoms with van der Waals surface area (Å²) >= 11 is 0. The van der Waals surface area contributed by atoms with Crippen LogP contribution in [-0.4, -0.2) is 18.0 Å². The molecular formula is C18H29N3O. The van der Waals surface area contributed by atoms with Gasteiger partial charge in [-0.3, -0.25) is 4.79 Å². The van der Waals surface area contributed by atoms with Gasteiger partial charge in [0.25, 0.3) is 5.91 Å². The predicted octanol–water partition coefficient (Wildman–Crippen LogP) is 3.01. The van der Waals surface area contributed by atoms with E-state index in [-0.39, 0.29) is 11.3 Å². The first-order valence-corrected chi connectivity index (χ1v) is 7.73. The maximum atomic E-state index is 12.2. The van der Waals surface area contributed by atoms with E-state index in [0.29, 0.717) is 12.2 Å². The van der Waals surface area contributed by atoms with Crippen LogP contribution in [0.4, 0.5) is 0 Å². The molecule has 0 fully saturated rings. The summed E-state index contributed by atoms with van der Waals surface area (Å²) in [4.78, 5) is 12.2. The molecule has 0 radical (unpaired) electrons. The summed E-state index contributed by atoms with van der Waals surface area (Å²) in [5.74, 6) is 5.55. The number of nitrogens with two attached hydrogens (primary N) is 1. The van der Waals surface area contributed by atoms with Gasteiger partial charge in [0.05, 0.1) is 0 Å². The minimum atomic E-state index is -0.147. The van der Waals surface area contributed by atoms with E-state index in [1.165, 1.54) is 16.1 Å². The number of hydrazine groups is 1. The average molecular weight is 303 g/mol. The second kappa shape index (κ2) is 7.45. The number of benzene rings is 1. The summed E-state index contributed by atoms with van der Waals surface area (Å²) in [7, 11) is 1.67. The van der Waals surface area contributed by atoms with Crippen LogP contribution in [0.1, 0.15) is 50.8 Å². The first-order chi connectivity index (χ1) is 10.2. The van der Waals surface area contributed by atoms with Crippen molar-refractivity contribution in [3.63, 3.8) is 0 Å². The number of amides is 1. The van der Waals surface area contributed by atoms with Crippen LogP contribution in [0.15, 0.2) is 30.0 Å². The van der Waals surface area contributed by atoms with Gasteiger partial charge < -0.3 is 10.3 Å². The number of allylic oxidation sites excluding steroid dienone is 1. The lowest BCUT2D eigenvalue weighted by molar-refractivity contribution is -0.119. The van der Waals surface area contributed by atoms with Crippen LogP contribution in [0.2, 0.25) is 0 Å². The van der Waals surface area contributed by atoms with Crippen molar-refractivity contribution in [3.8, 4) is 0 Å². The monoisotopic (exact) mass is 303 g/mol. The molecule has 0 saturated heterocycles. The van der Waals surface area contributed by atoms with Gasteiger partial charge in [0.1, 0.15) is 5.70 Å². The van der Waals surface area contributed by atoms with Crippen LogP contribution < -0.4 is 11.2 Å². The highest BCUT2D eigenvalue weighted by molar-refractivity contribution is 5.92. The number of carbonyl (C=O) groups is 1.